The van der Waals surface area contributed by atoms with Gasteiger partial charge in [0.05, 0.1) is 5.92 Å². The molecular formula is C23H27Br2FN2O. The second-order valence-electron chi connectivity index (χ2n) is 7.97. The van der Waals surface area contributed by atoms with Crippen LogP contribution >= 0.6 is 31.9 Å². The molecule has 3 rings (SSSR count). The number of hydrogen-bond acceptors (Lipinski definition) is 2. The average molecular weight is 526 g/mol. The summed E-state index contributed by atoms with van der Waals surface area (Å²) in [5, 5.41) is 2.90. The highest BCUT2D eigenvalue weighted by Crippen LogP contribution is 2.44. The maximum atomic E-state index is 13.7. The number of carbonyl (C=O) groups excluding carboxylic acids is 1. The third-order valence-corrected chi connectivity index (χ3v) is 7.03. The van der Waals surface area contributed by atoms with Crippen molar-refractivity contribution < 1.29 is 9.18 Å². The summed E-state index contributed by atoms with van der Waals surface area (Å²) in [6.07, 6.45) is 3.39. The first kappa shape index (κ1) is 22.4. The molecule has 1 saturated heterocycles. The number of amides is 1. The molecule has 0 saturated carbocycles. The summed E-state index contributed by atoms with van der Waals surface area (Å²) >= 11 is 7.12. The topological polar surface area (TPSA) is 32.3 Å². The summed E-state index contributed by atoms with van der Waals surface area (Å²) in [6.45, 7) is 1.92. The molecule has 2 atom stereocenters. The molecule has 3 nitrogen and oxygen atoms in total. The SMILES string of the molecule is CNC(=O)C(Cc1cc(Br)cc(Br)c1)C1(c2ccc(F)cc2)CCCN(C)CC1. The summed E-state index contributed by atoms with van der Waals surface area (Å²) in [7, 11) is 3.83. The lowest BCUT2D eigenvalue weighted by atomic mass is 9.63. The molecule has 29 heavy (non-hydrogen) atoms. The number of likely N-dealkylation sites (tertiary alicyclic amines) is 1. The Kier molecular flexibility index (Phi) is 7.52. The second-order valence-corrected chi connectivity index (χ2v) is 9.80. The molecule has 0 spiro atoms. The summed E-state index contributed by atoms with van der Waals surface area (Å²) < 4.78 is 15.6. The highest BCUT2D eigenvalue weighted by Gasteiger charge is 2.44. The summed E-state index contributed by atoms with van der Waals surface area (Å²) in [5.74, 6) is -0.456. The second kappa shape index (κ2) is 9.71. The quantitative estimate of drug-likeness (QED) is 0.573. The highest BCUT2D eigenvalue weighted by atomic mass is 79.9. The van der Waals surface area contributed by atoms with Gasteiger partial charge in [-0.15, -0.1) is 0 Å². The monoisotopic (exact) mass is 524 g/mol. The fourth-order valence-electron chi connectivity index (χ4n) is 4.59. The molecule has 1 aliphatic rings. The molecule has 2 aromatic rings. The Morgan fingerprint density at radius 2 is 1.79 bits per heavy atom. The van der Waals surface area contributed by atoms with Crippen LogP contribution < -0.4 is 5.32 Å². The summed E-state index contributed by atoms with van der Waals surface area (Å²) in [4.78, 5) is 15.5. The Hall–Kier alpha value is -1.24. The molecule has 1 heterocycles. The van der Waals surface area contributed by atoms with Crippen molar-refractivity contribution in [1.82, 2.24) is 10.2 Å². The molecule has 2 aromatic carbocycles. The largest absolute Gasteiger partial charge is 0.359 e. The van der Waals surface area contributed by atoms with E-state index < -0.39 is 0 Å². The number of benzene rings is 2. The molecule has 2 unspecified atom stereocenters. The van der Waals surface area contributed by atoms with Crippen LogP contribution in [-0.4, -0.2) is 38.0 Å². The Morgan fingerprint density at radius 1 is 1.14 bits per heavy atom. The van der Waals surface area contributed by atoms with Crippen LogP contribution in [0.5, 0.6) is 0 Å². The molecule has 0 aromatic heterocycles. The van der Waals surface area contributed by atoms with Crippen molar-refractivity contribution >= 4 is 37.8 Å². The van der Waals surface area contributed by atoms with E-state index in [1.165, 1.54) is 12.1 Å². The van der Waals surface area contributed by atoms with Gasteiger partial charge in [-0.25, -0.2) is 4.39 Å². The van der Waals surface area contributed by atoms with E-state index in [0.717, 1.165) is 52.4 Å². The van der Waals surface area contributed by atoms with Crippen LogP contribution in [0.2, 0.25) is 0 Å². The van der Waals surface area contributed by atoms with E-state index in [0.29, 0.717) is 6.42 Å². The van der Waals surface area contributed by atoms with Gasteiger partial charge in [0.1, 0.15) is 5.82 Å². The minimum absolute atomic E-state index is 0.0370. The van der Waals surface area contributed by atoms with Gasteiger partial charge in [0.2, 0.25) is 5.91 Å². The Bertz CT molecular complexity index is 838. The third-order valence-electron chi connectivity index (χ3n) is 6.11. The molecule has 1 amide bonds. The highest BCUT2D eigenvalue weighted by molar-refractivity contribution is 9.11. The minimum Gasteiger partial charge on any atom is -0.359 e. The first-order chi connectivity index (χ1) is 13.8. The van der Waals surface area contributed by atoms with E-state index in [1.54, 1.807) is 7.05 Å². The number of nitrogens with one attached hydrogen (secondary N) is 1. The van der Waals surface area contributed by atoms with Crippen LogP contribution in [0.4, 0.5) is 4.39 Å². The maximum Gasteiger partial charge on any atom is 0.224 e. The zero-order valence-corrected chi connectivity index (χ0v) is 20.0. The normalized spacial score (nSPS) is 21.4. The van der Waals surface area contributed by atoms with Gasteiger partial charge in [-0.2, -0.15) is 0 Å². The van der Waals surface area contributed by atoms with Gasteiger partial charge in [0, 0.05) is 21.4 Å². The standard InChI is InChI=1S/C23H27Br2FN2O/c1-27-22(29)21(14-16-12-18(24)15-19(25)13-16)23(8-3-10-28(2)11-9-23)17-4-6-20(26)7-5-17/h4-7,12-13,15,21H,3,8-11,14H2,1-2H3,(H,27,29). The first-order valence-corrected chi connectivity index (χ1v) is 11.5. The predicted molar refractivity (Wildman–Crippen MR) is 123 cm³/mol. The van der Waals surface area contributed by atoms with Crippen LogP contribution in [0.1, 0.15) is 30.4 Å². The lowest BCUT2D eigenvalue weighted by Gasteiger charge is -2.40. The van der Waals surface area contributed by atoms with Gasteiger partial charge in [0.15, 0.2) is 0 Å². The summed E-state index contributed by atoms with van der Waals surface area (Å²) in [6, 6.07) is 12.9. The van der Waals surface area contributed by atoms with E-state index in [-0.39, 0.29) is 23.1 Å². The summed E-state index contributed by atoms with van der Waals surface area (Å²) in [5.41, 5.74) is 1.81. The van der Waals surface area contributed by atoms with Crippen molar-refractivity contribution in [3.63, 3.8) is 0 Å². The van der Waals surface area contributed by atoms with E-state index in [2.05, 4.69) is 61.3 Å². The van der Waals surface area contributed by atoms with E-state index in [4.69, 9.17) is 0 Å². The van der Waals surface area contributed by atoms with E-state index in [9.17, 15) is 9.18 Å². The van der Waals surface area contributed by atoms with Gasteiger partial charge in [-0.05, 0) is 87.3 Å². The van der Waals surface area contributed by atoms with Crippen molar-refractivity contribution in [2.45, 2.75) is 31.1 Å². The molecule has 0 aliphatic carbocycles. The van der Waals surface area contributed by atoms with Crippen molar-refractivity contribution in [1.29, 1.82) is 0 Å². The molecule has 156 valence electrons. The molecule has 1 N–H and O–H groups in total. The van der Waals surface area contributed by atoms with Gasteiger partial charge in [-0.3, -0.25) is 4.79 Å². The van der Waals surface area contributed by atoms with Crippen molar-refractivity contribution in [3.8, 4) is 0 Å². The van der Waals surface area contributed by atoms with Gasteiger partial charge < -0.3 is 10.2 Å². The van der Waals surface area contributed by atoms with Crippen LogP contribution in [0.3, 0.4) is 0 Å². The van der Waals surface area contributed by atoms with Crippen LogP contribution in [0.25, 0.3) is 0 Å². The lowest BCUT2D eigenvalue weighted by Crippen LogP contribution is -2.46. The van der Waals surface area contributed by atoms with E-state index >= 15 is 0 Å². The Balaban J connectivity index is 2.09. The molecule has 0 radical (unpaired) electrons. The van der Waals surface area contributed by atoms with Gasteiger partial charge >= 0.3 is 0 Å². The van der Waals surface area contributed by atoms with Gasteiger partial charge in [-0.1, -0.05) is 44.0 Å². The fraction of sp³-hybridized carbons (Fsp3) is 0.435. The Morgan fingerprint density at radius 3 is 2.41 bits per heavy atom. The number of carbonyl (C=O) groups is 1. The number of rotatable bonds is 5. The minimum atomic E-state index is -0.340. The number of hydrogen-bond donors (Lipinski definition) is 1. The maximum absolute atomic E-state index is 13.7. The molecule has 0 bridgehead atoms. The van der Waals surface area contributed by atoms with Crippen LogP contribution in [0.15, 0.2) is 51.4 Å². The third kappa shape index (κ3) is 5.28. The zero-order valence-electron chi connectivity index (χ0n) is 16.9. The molecular weight excluding hydrogens is 499 g/mol. The fourth-order valence-corrected chi connectivity index (χ4v) is 5.98. The molecule has 1 aliphatic heterocycles. The van der Waals surface area contributed by atoms with Crippen molar-refractivity contribution in [2.75, 3.05) is 27.2 Å². The first-order valence-electron chi connectivity index (χ1n) is 9.95. The smallest absolute Gasteiger partial charge is 0.224 e. The van der Waals surface area contributed by atoms with Gasteiger partial charge in [0.25, 0.3) is 0 Å². The molecule has 6 heteroatoms. The lowest BCUT2D eigenvalue weighted by molar-refractivity contribution is -0.127. The van der Waals surface area contributed by atoms with Crippen molar-refractivity contribution in [3.05, 3.63) is 68.4 Å². The zero-order chi connectivity index (χ0) is 21.0. The number of nitrogens with zero attached hydrogens (tertiary/aromatic N) is 1. The number of halogens is 3. The average Bonchev–Trinajstić information content (AvgIpc) is 2.88. The predicted octanol–water partition coefficient (Wildman–Crippen LogP) is 5.31. The van der Waals surface area contributed by atoms with E-state index in [1.807, 2.05) is 18.2 Å². The molecule has 1 fully saturated rings. The van der Waals surface area contributed by atoms with Crippen LogP contribution in [0, 0.1) is 11.7 Å². The van der Waals surface area contributed by atoms with Crippen LogP contribution in [-0.2, 0) is 16.6 Å². The van der Waals surface area contributed by atoms with Crippen molar-refractivity contribution in [2.24, 2.45) is 5.92 Å². The Labute approximate surface area is 189 Å².